The summed E-state index contributed by atoms with van der Waals surface area (Å²) in [6.07, 6.45) is 3.38. The van der Waals surface area contributed by atoms with Crippen molar-refractivity contribution in [2.24, 2.45) is 0 Å². The van der Waals surface area contributed by atoms with Gasteiger partial charge in [-0.2, -0.15) is 0 Å². The molecule has 0 amide bonds. The van der Waals surface area contributed by atoms with Crippen LogP contribution in [0, 0.1) is 12.7 Å². The Kier molecular flexibility index (Phi) is 2.37. The van der Waals surface area contributed by atoms with Crippen molar-refractivity contribution in [3.05, 3.63) is 46.7 Å². The molecule has 72 valence electrons. The fraction of sp³-hybridized carbons (Fsp3) is 0.100. The fourth-order valence-electron chi connectivity index (χ4n) is 1.24. The highest BCUT2D eigenvalue weighted by molar-refractivity contribution is 9.10. The van der Waals surface area contributed by atoms with Gasteiger partial charge in [0.2, 0.25) is 0 Å². The third kappa shape index (κ3) is 1.70. The quantitative estimate of drug-likeness (QED) is 0.765. The van der Waals surface area contributed by atoms with E-state index >= 15 is 0 Å². The van der Waals surface area contributed by atoms with Crippen molar-refractivity contribution >= 4 is 15.9 Å². The summed E-state index contributed by atoms with van der Waals surface area (Å²) in [5.41, 5.74) is 1.37. The molecule has 2 nitrogen and oxygen atoms in total. The van der Waals surface area contributed by atoms with Gasteiger partial charge in [-0.25, -0.2) is 9.37 Å². The van der Waals surface area contributed by atoms with Crippen LogP contribution in [0.15, 0.2) is 35.2 Å². The Morgan fingerprint density at radius 2 is 2.21 bits per heavy atom. The molecule has 0 saturated heterocycles. The van der Waals surface area contributed by atoms with E-state index in [-0.39, 0.29) is 5.82 Å². The van der Waals surface area contributed by atoms with E-state index in [0.29, 0.717) is 5.69 Å². The van der Waals surface area contributed by atoms with Gasteiger partial charge in [0.1, 0.15) is 5.82 Å². The molecule has 1 aromatic carbocycles. The van der Waals surface area contributed by atoms with Gasteiger partial charge < -0.3 is 4.57 Å². The maximum absolute atomic E-state index is 13.4. The van der Waals surface area contributed by atoms with Gasteiger partial charge in [-0.3, -0.25) is 0 Å². The Bertz CT molecular complexity index is 465. The van der Waals surface area contributed by atoms with Crippen LogP contribution >= 0.6 is 15.9 Å². The standard InChI is InChI=1S/C10H8BrFN2/c1-7-5-14(6-13-7)10-4-8(11)2-3-9(10)12/h2-6H,1H3. The number of imidazole rings is 1. The molecule has 4 heteroatoms. The second-order valence-electron chi connectivity index (χ2n) is 3.02. The second kappa shape index (κ2) is 3.53. The molecule has 0 N–H and O–H groups in total. The van der Waals surface area contributed by atoms with Crippen LogP contribution in [0.25, 0.3) is 5.69 Å². The lowest BCUT2D eigenvalue weighted by Crippen LogP contribution is -1.94. The first-order chi connectivity index (χ1) is 6.66. The minimum atomic E-state index is -0.259. The van der Waals surface area contributed by atoms with Crippen molar-refractivity contribution in [1.82, 2.24) is 9.55 Å². The molecule has 0 spiro atoms. The molecule has 0 saturated carbocycles. The lowest BCUT2D eigenvalue weighted by molar-refractivity contribution is 0.617. The molecule has 0 aliphatic rings. The number of benzene rings is 1. The molecule has 1 heterocycles. The van der Waals surface area contributed by atoms with Crippen LogP contribution in [0.1, 0.15) is 5.69 Å². The average molecular weight is 255 g/mol. The molecule has 1 aromatic heterocycles. The van der Waals surface area contributed by atoms with E-state index in [4.69, 9.17) is 0 Å². The maximum Gasteiger partial charge on any atom is 0.147 e. The van der Waals surface area contributed by atoms with Crippen LogP contribution < -0.4 is 0 Å². The van der Waals surface area contributed by atoms with E-state index in [9.17, 15) is 4.39 Å². The van der Waals surface area contributed by atoms with Gasteiger partial charge in [0.05, 0.1) is 17.7 Å². The minimum Gasteiger partial charge on any atom is -0.303 e. The van der Waals surface area contributed by atoms with Crippen LogP contribution in [-0.2, 0) is 0 Å². The number of aryl methyl sites for hydroxylation is 1. The van der Waals surface area contributed by atoms with Crippen LogP contribution in [0.3, 0.4) is 0 Å². The van der Waals surface area contributed by atoms with Gasteiger partial charge in [0.15, 0.2) is 0 Å². The Morgan fingerprint density at radius 3 is 2.86 bits per heavy atom. The van der Waals surface area contributed by atoms with E-state index in [2.05, 4.69) is 20.9 Å². The first-order valence-electron chi connectivity index (χ1n) is 4.13. The van der Waals surface area contributed by atoms with Gasteiger partial charge in [-0.1, -0.05) is 15.9 Å². The molecular weight excluding hydrogens is 247 g/mol. The summed E-state index contributed by atoms with van der Waals surface area (Å²) in [5, 5.41) is 0. The average Bonchev–Trinajstić information content (AvgIpc) is 2.56. The van der Waals surface area contributed by atoms with Gasteiger partial charge >= 0.3 is 0 Å². The van der Waals surface area contributed by atoms with Gasteiger partial charge in [-0.05, 0) is 25.1 Å². The molecule has 2 aromatic rings. The lowest BCUT2D eigenvalue weighted by atomic mass is 10.3. The van der Waals surface area contributed by atoms with Crippen molar-refractivity contribution in [2.45, 2.75) is 6.92 Å². The third-order valence-corrected chi connectivity index (χ3v) is 2.39. The number of halogens is 2. The maximum atomic E-state index is 13.4. The van der Waals surface area contributed by atoms with E-state index in [1.54, 1.807) is 29.2 Å². The SMILES string of the molecule is Cc1cn(-c2cc(Br)ccc2F)cn1. The molecule has 0 aliphatic heterocycles. The third-order valence-electron chi connectivity index (χ3n) is 1.90. The minimum absolute atomic E-state index is 0.259. The highest BCUT2D eigenvalue weighted by Crippen LogP contribution is 2.19. The molecule has 14 heavy (non-hydrogen) atoms. The first-order valence-corrected chi connectivity index (χ1v) is 4.92. The molecular formula is C10H8BrFN2. The summed E-state index contributed by atoms with van der Waals surface area (Å²) in [6, 6.07) is 4.81. The topological polar surface area (TPSA) is 17.8 Å². The number of rotatable bonds is 1. The summed E-state index contributed by atoms with van der Waals surface area (Å²) in [5.74, 6) is -0.259. The lowest BCUT2D eigenvalue weighted by Gasteiger charge is -2.03. The van der Waals surface area contributed by atoms with Crippen molar-refractivity contribution in [1.29, 1.82) is 0 Å². The van der Waals surface area contributed by atoms with Gasteiger partial charge in [0, 0.05) is 10.7 Å². The van der Waals surface area contributed by atoms with E-state index < -0.39 is 0 Å². The summed E-state index contributed by atoms with van der Waals surface area (Å²) in [7, 11) is 0. The fourth-order valence-corrected chi connectivity index (χ4v) is 1.59. The Balaban J connectivity index is 2.55. The van der Waals surface area contributed by atoms with Crippen molar-refractivity contribution in [3.8, 4) is 5.69 Å². The molecule has 0 unspecified atom stereocenters. The predicted molar refractivity (Wildman–Crippen MR) is 56.0 cm³/mol. The zero-order valence-corrected chi connectivity index (χ0v) is 9.12. The molecule has 2 rings (SSSR count). The zero-order chi connectivity index (χ0) is 10.1. The van der Waals surface area contributed by atoms with Gasteiger partial charge in [-0.15, -0.1) is 0 Å². The van der Waals surface area contributed by atoms with E-state index in [1.165, 1.54) is 6.07 Å². The molecule has 0 radical (unpaired) electrons. The van der Waals surface area contributed by atoms with Crippen LogP contribution in [0.2, 0.25) is 0 Å². The van der Waals surface area contributed by atoms with Crippen LogP contribution in [-0.4, -0.2) is 9.55 Å². The monoisotopic (exact) mass is 254 g/mol. The Hall–Kier alpha value is -1.16. The number of hydrogen-bond acceptors (Lipinski definition) is 1. The Labute approximate surface area is 89.5 Å². The van der Waals surface area contributed by atoms with Crippen LogP contribution in [0.5, 0.6) is 0 Å². The van der Waals surface area contributed by atoms with Crippen molar-refractivity contribution in [2.75, 3.05) is 0 Å². The smallest absolute Gasteiger partial charge is 0.147 e. The summed E-state index contributed by atoms with van der Waals surface area (Å²) >= 11 is 3.30. The molecule has 0 atom stereocenters. The summed E-state index contributed by atoms with van der Waals surface area (Å²) in [4.78, 5) is 4.04. The highest BCUT2D eigenvalue weighted by atomic mass is 79.9. The predicted octanol–water partition coefficient (Wildman–Crippen LogP) is 3.08. The molecule has 0 bridgehead atoms. The van der Waals surface area contributed by atoms with Crippen LogP contribution in [0.4, 0.5) is 4.39 Å². The normalized spacial score (nSPS) is 10.5. The summed E-state index contributed by atoms with van der Waals surface area (Å²) in [6.45, 7) is 1.87. The molecule has 0 fully saturated rings. The molecule has 0 aliphatic carbocycles. The number of nitrogens with zero attached hydrogens (tertiary/aromatic N) is 2. The first kappa shape index (κ1) is 9.40. The van der Waals surface area contributed by atoms with Crippen molar-refractivity contribution < 1.29 is 4.39 Å². The van der Waals surface area contributed by atoms with E-state index in [0.717, 1.165) is 10.2 Å². The van der Waals surface area contributed by atoms with E-state index in [1.807, 2.05) is 6.92 Å². The zero-order valence-electron chi connectivity index (χ0n) is 7.54. The summed E-state index contributed by atoms with van der Waals surface area (Å²) < 4.78 is 15.9. The van der Waals surface area contributed by atoms with Gasteiger partial charge in [0.25, 0.3) is 0 Å². The second-order valence-corrected chi connectivity index (χ2v) is 3.93. The number of aromatic nitrogens is 2. The number of hydrogen-bond donors (Lipinski definition) is 0. The highest BCUT2D eigenvalue weighted by Gasteiger charge is 2.04. The van der Waals surface area contributed by atoms with Crippen molar-refractivity contribution in [3.63, 3.8) is 0 Å². The Morgan fingerprint density at radius 1 is 1.43 bits per heavy atom. The largest absolute Gasteiger partial charge is 0.303 e.